The third-order valence-corrected chi connectivity index (χ3v) is 4.61. The summed E-state index contributed by atoms with van der Waals surface area (Å²) in [7, 11) is -4.96. The highest BCUT2D eigenvalue weighted by Gasteiger charge is 2.49. The molecule has 4 atom stereocenters. The Bertz CT molecular complexity index is 911. The van der Waals surface area contributed by atoms with Crippen LogP contribution < -0.4 is 11.3 Å². The highest BCUT2D eigenvalue weighted by Crippen LogP contribution is 2.44. The molecule has 2 aromatic heterocycles. The second-order valence-electron chi connectivity index (χ2n) is 5.17. The fourth-order valence-electron chi connectivity index (χ4n) is 2.57. The molecule has 1 aliphatic rings. The molecule has 1 saturated heterocycles. The number of aromatic nitrogens is 4. The van der Waals surface area contributed by atoms with Crippen molar-refractivity contribution in [2.45, 2.75) is 24.5 Å². The van der Waals surface area contributed by atoms with Crippen molar-refractivity contribution >= 4 is 40.9 Å². The van der Waals surface area contributed by atoms with E-state index in [1.165, 1.54) is 0 Å². The average molecular weight is 442 g/mol. The molecule has 0 bridgehead atoms. The van der Waals surface area contributed by atoms with Crippen LogP contribution in [0.5, 0.6) is 0 Å². The van der Waals surface area contributed by atoms with E-state index in [-0.39, 0.29) is 21.8 Å². The maximum atomic E-state index is 11.9. The van der Waals surface area contributed by atoms with Crippen molar-refractivity contribution in [1.82, 2.24) is 19.5 Å². The minimum atomic E-state index is -4.96. The van der Waals surface area contributed by atoms with Gasteiger partial charge in [-0.1, -0.05) is 0 Å². The standard InChI is InChI=1S/C10H13BrN5O8P/c11-9-13-3-6(14-10(12)15-7(3)19)16(9)8-4(18)5(2(1-17)23-8)24-25(20,21)22/h2,4-5,8,17-18H,1H2,(H2,20,21,22)(H3,12,14,15,19)/t2-,4-,5-,8-/m1/s1. The van der Waals surface area contributed by atoms with Gasteiger partial charge in [-0.3, -0.25) is 18.9 Å². The fraction of sp³-hybridized carbons (Fsp3) is 0.500. The van der Waals surface area contributed by atoms with E-state index in [1.54, 1.807) is 0 Å². The van der Waals surface area contributed by atoms with Gasteiger partial charge in [0.05, 0.1) is 6.61 Å². The minimum absolute atomic E-state index is 0.0364. The monoisotopic (exact) mass is 441 g/mol. The van der Waals surface area contributed by atoms with Crippen molar-refractivity contribution in [3.8, 4) is 0 Å². The van der Waals surface area contributed by atoms with E-state index in [0.717, 1.165) is 4.57 Å². The topological polar surface area (TPSA) is 206 Å². The molecule has 0 aliphatic carbocycles. The number of phosphoric ester groups is 1. The normalized spacial score (nSPS) is 27.2. The van der Waals surface area contributed by atoms with E-state index in [2.05, 4.69) is 35.4 Å². The van der Waals surface area contributed by atoms with E-state index < -0.39 is 44.5 Å². The average Bonchev–Trinajstić information content (AvgIpc) is 2.96. The Labute approximate surface area is 146 Å². The number of imidazole rings is 1. The molecule has 15 heteroatoms. The zero-order chi connectivity index (χ0) is 18.5. The molecule has 7 N–H and O–H groups in total. The highest BCUT2D eigenvalue weighted by atomic mass is 79.9. The Morgan fingerprint density at radius 1 is 1.44 bits per heavy atom. The summed E-state index contributed by atoms with van der Waals surface area (Å²) in [6.07, 6.45) is -5.68. The predicted molar refractivity (Wildman–Crippen MR) is 84.2 cm³/mol. The van der Waals surface area contributed by atoms with Crippen LogP contribution in [0.3, 0.4) is 0 Å². The summed E-state index contributed by atoms with van der Waals surface area (Å²) < 4.78 is 22.2. The third-order valence-electron chi connectivity index (χ3n) is 3.53. The van der Waals surface area contributed by atoms with Gasteiger partial charge in [0, 0.05) is 0 Å². The molecule has 0 amide bonds. The van der Waals surface area contributed by atoms with E-state index >= 15 is 0 Å². The maximum Gasteiger partial charge on any atom is 0.470 e. The molecule has 2 aromatic rings. The summed E-state index contributed by atoms with van der Waals surface area (Å²) in [6, 6.07) is 0. The molecular formula is C10H13BrN5O8P. The van der Waals surface area contributed by atoms with Crippen LogP contribution in [0, 0.1) is 0 Å². The molecule has 3 rings (SSSR count). The molecule has 3 heterocycles. The number of nitrogens with two attached hydrogens (primary N) is 1. The van der Waals surface area contributed by atoms with E-state index in [1.807, 2.05) is 0 Å². The first kappa shape index (κ1) is 18.4. The zero-order valence-corrected chi connectivity index (χ0v) is 14.7. The van der Waals surface area contributed by atoms with Crippen LogP contribution in [0.4, 0.5) is 5.95 Å². The lowest BCUT2D eigenvalue weighted by atomic mass is 10.1. The summed E-state index contributed by atoms with van der Waals surface area (Å²) in [5.74, 6) is -0.208. The van der Waals surface area contributed by atoms with Gasteiger partial charge < -0.3 is 30.5 Å². The number of H-pyrrole nitrogens is 1. The van der Waals surface area contributed by atoms with Gasteiger partial charge in [0.1, 0.15) is 18.3 Å². The van der Waals surface area contributed by atoms with Crippen LogP contribution in [0.1, 0.15) is 6.23 Å². The molecule has 13 nitrogen and oxygen atoms in total. The van der Waals surface area contributed by atoms with Crippen molar-refractivity contribution in [2.75, 3.05) is 12.3 Å². The van der Waals surface area contributed by atoms with Crippen LogP contribution in [-0.4, -0.2) is 64.4 Å². The number of fused-ring (bicyclic) bond motifs is 1. The Kier molecular flexibility index (Phi) is 4.72. The second kappa shape index (κ2) is 6.41. The van der Waals surface area contributed by atoms with E-state index in [0.29, 0.717) is 0 Å². The third kappa shape index (κ3) is 3.35. The van der Waals surface area contributed by atoms with Crippen molar-refractivity contribution < 1.29 is 33.8 Å². The van der Waals surface area contributed by atoms with Crippen LogP contribution >= 0.6 is 23.8 Å². The van der Waals surface area contributed by atoms with E-state index in [9.17, 15) is 19.6 Å². The number of aliphatic hydroxyl groups excluding tert-OH is 2. The number of nitrogen functional groups attached to an aromatic ring is 1. The van der Waals surface area contributed by atoms with Gasteiger partial charge in [0.25, 0.3) is 5.56 Å². The van der Waals surface area contributed by atoms with Crippen molar-refractivity contribution in [2.24, 2.45) is 0 Å². The molecule has 0 unspecified atom stereocenters. The number of nitrogens with zero attached hydrogens (tertiary/aromatic N) is 3. The van der Waals surface area contributed by atoms with Gasteiger partial charge in [0.15, 0.2) is 22.1 Å². The molecular weight excluding hydrogens is 429 g/mol. The fourth-order valence-corrected chi connectivity index (χ4v) is 3.69. The first-order valence-electron chi connectivity index (χ1n) is 6.74. The molecule has 1 fully saturated rings. The number of hydrogen-bond acceptors (Lipinski definition) is 9. The van der Waals surface area contributed by atoms with Crippen LogP contribution in [0.2, 0.25) is 0 Å². The van der Waals surface area contributed by atoms with Gasteiger partial charge in [0.2, 0.25) is 5.95 Å². The largest absolute Gasteiger partial charge is 0.470 e. The summed E-state index contributed by atoms with van der Waals surface area (Å²) in [6.45, 7) is -0.682. The highest BCUT2D eigenvalue weighted by molar-refractivity contribution is 9.10. The van der Waals surface area contributed by atoms with Crippen molar-refractivity contribution in [3.05, 3.63) is 15.1 Å². The lowest BCUT2D eigenvalue weighted by Gasteiger charge is -2.20. The van der Waals surface area contributed by atoms with Crippen LogP contribution in [0.15, 0.2) is 9.53 Å². The first-order chi connectivity index (χ1) is 11.6. The number of aliphatic hydroxyl groups is 2. The second-order valence-corrected chi connectivity index (χ2v) is 7.07. The first-order valence-corrected chi connectivity index (χ1v) is 9.06. The number of nitrogens with one attached hydrogen (secondary N) is 1. The van der Waals surface area contributed by atoms with Gasteiger partial charge in [-0.2, -0.15) is 4.98 Å². The molecule has 25 heavy (non-hydrogen) atoms. The number of phosphoric acid groups is 1. The Balaban J connectivity index is 2.08. The Morgan fingerprint density at radius 2 is 2.12 bits per heavy atom. The molecule has 0 aromatic carbocycles. The number of anilines is 1. The van der Waals surface area contributed by atoms with Crippen molar-refractivity contribution in [1.29, 1.82) is 0 Å². The summed E-state index contributed by atoms with van der Waals surface area (Å²) >= 11 is 3.10. The molecule has 138 valence electrons. The van der Waals surface area contributed by atoms with E-state index in [4.69, 9.17) is 20.3 Å². The van der Waals surface area contributed by atoms with Gasteiger partial charge >= 0.3 is 7.82 Å². The smallest absolute Gasteiger partial charge is 0.394 e. The number of hydrogen-bond donors (Lipinski definition) is 6. The van der Waals surface area contributed by atoms with Crippen LogP contribution in [-0.2, 0) is 13.8 Å². The zero-order valence-electron chi connectivity index (χ0n) is 12.2. The molecule has 0 saturated carbocycles. The molecule has 0 radical (unpaired) electrons. The number of rotatable bonds is 4. The van der Waals surface area contributed by atoms with Crippen LogP contribution in [0.25, 0.3) is 11.2 Å². The van der Waals surface area contributed by atoms with Gasteiger partial charge in [-0.25, -0.2) is 9.55 Å². The predicted octanol–water partition coefficient (Wildman–Crippen LogP) is -1.81. The summed E-state index contributed by atoms with van der Waals surface area (Å²) in [5.41, 5.74) is 4.74. The summed E-state index contributed by atoms with van der Waals surface area (Å²) in [5, 5.41) is 19.7. The number of aromatic amines is 1. The number of halogens is 1. The lowest BCUT2D eigenvalue weighted by molar-refractivity contribution is -0.0519. The van der Waals surface area contributed by atoms with Gasteiger partial charge in [-0.05, 0) is 15.9 Å². The quantitative estimate of drug-likeness (QED) is 0.230. The Hall–Kier alpha value is -1.38. The summed E-state index contributed by atoms with van der Waals surface area (Å²) in [4.78, 5) is 40.0. The minimum Gasteiger partial charge on any atom is -0.394 e. The SMILES string of the molecule is Nc1nc2c(nc(Br)n2[C@@H]2O[C@H](CO)[C@@H](OP(=O)(O)O)[C@H]2O)c(=O)[nH]1. The lowest BCUT2D eigenvalue weighted by Crippen LogP contribution is -2.35. The maximum absolute atomic E-state index is 11.9. The van der Waals surface area contributed by atoms with Gasteiger partial charge in [-0.15, -0.1) is 0 Å². The van der Waals surface area contributed by atoms with Crippen molar-refractivity contribution in [3.63, 3.8) is 0 Å². The molecule has 0 spiro atoms. The Morgan fingerprint density at radius 3 is 2.72 bits per heavy atom. The molecule has 1 aliphatic heterocycles. The number of ether oxygens (including phenoxy) is 1.